The molecule has 1 aliphatic heterocycles. The van der Waals surface area contributed by atoms with E-state index in [4.69, 9.17) is 4.74 Å². The van der Waals surface area contributed by atoms with Crippen LogP contribution >= 0.6 is 0 Å². The number of hydrogen-bond donors (Lipinski definition) is 2. The topological polar surface area (TPSA) is 53.6 Å². The summed E-state index contributed by atoms with van der Waals surface area (Å²) in [7, 11) is 1.66. The summed E-state index contributed by atoms with van der Waals surface area (Å²) in [6.45, 7) is 3.17. The lowest BCUT2D eigenvalue weighted by atomic mass is 10.1. The van der Waals surface area contributed by atoms with Crippen LogP contribution in [0.5, 0.6) is 5.75 Å². The molecule has 27 heavy (non-hydrogen) atoms. The summed E-state index contributed by atoms with van der Waals surface area (Å²) in [5.41, 5.74) is 3.39. The molecule has 5 nitrogen and oxygen atoms in total. The van der Waals surface area contributed by atoms with Gasteiger partial charge in [0.25, 0.3) is 0 Å². The first kappa shape index (κ1) is 19.1. The van der Waals surface area contributed by atoms with E-state index in [1.807, 2.05) is 36.4 Å². The monoisotopic (exact) mass is 367 g/mol. The molecule has 0 bridgehead atoms. The van der Waals surface area contributed by atoms with Crippen LogP contribution in [0.25, 0.3) is 0 Å². The van der Waals surface area contributed by atoms with E-state index in [1.54, 1.807) is 7.11 Å². The lowest BCUT2D eigenvalue weighted by Crippen LogP contribution is -2.31. The summed E-state index contributed by atoms with van der Waals surface area (Å²) in [4.78, 5) is 14.5. The average molecular weight is 367 g/mol. The number of piperidine rings is 1. The van der Waals surface area contributed by atoms with E-state index >= 15 is 0 Å². The molecule has 1 heterocycles. The van der Waals surface area contributed by atoms with Gasteiger partial charge in [-0.05, 0) is 67.6 Å². The zero-order valence-corrected chi connectivity index (χ0v) is 16.0. The summed E-state index contributed by atoms with van der Waals surface area (Å²) in [6.07, 6.45) is 4.67. The van der Waals surface area contributed by atoms with Crippen LogP contribution in [0.2, 0.25) is 0 Å². The summed E-state index contributed by atoms with van der Waals surface area (Å²) in [5.74, 6) is 0.839. The predicted octanol–water partition coefficient (Wildman–Crippen LogP) is 3.46. The molecule has 0 unspecified atom stereocenters. The lowest BCUT2D eigenvalue weighted by molar-refractivity contribution is -0.119. The Labute approximate surface area is 161 Å². The van der Waals surface area contributed by atoms with Gasteiger partial charge >= 0.3 is 0 Å². The van der Waals surface area contributed by atoms with Crippen LogP contribution < -0.4 is 20.3 Å². The number of rotatable bonds is 8. The van der Waals surface area contributed by atoms with E-state index in [1.165, 1.54) is 24.9 Å². The molecule has 0 saturated carbocycles. The number of carbonyl (C=O) groups excluding carboxylic acids is 1. The number of nitrogens with one attached hydrogen (secondary N) is 2. The smallest absolute Gasteiger partial charge is 0.239 e. The molecule has 3 rings (SSSR count). The third kappa shape index (κ3) is 5.91. The summed E-state index contributed by atoms with van der Waals surface area (Å²) in [6, 6.07) is 16.3. The fraction of sp³-hybridized carbons (Fsp3) is 0.409. The minimum absolute atomic E-state index is 0.00185. The fourth-order valence-electron chi connectivity index (χ4n) is 3.36. The molecule has 1 amide bonds. The van der Waals surface area contributed by atoms with Crippen LogP contribution in [0.3, 0.4) is 0 Å². The van der Waals surface area contributed by atoms with Crippen molar-refractivity contribution in [2.45, 2.75) is 25.7 Å². The van der Waals surface area contributed by atoms with E-state index in [0.717, 1.165) is 36.5 Å². The van der Waals surface area contributed by atoms with Crippen molar-refractivity contribution in [2.24, 2.45) is 0 Å². The summed E-state index contributed by atoms with van der Waals surface area (Å²) in [5, 5.41) is 6.14. The molecule has 2 N–H and O–H groups in total. The van der Waals surface area contributed by atoms with Crippen molar-refractivity contribution in [3.8, 4) is 5.75 Å². The van der Waals surface area contributed by atoms with Crippen LogP contribution in [-0.4, -0.2) is 39.2 Å². The van der Waals surface area contributed by atoms with Crippen LogP contribution in [0.4, 0.5) is 11.4 Å². The van der Waals surface area contributed by atoms with Gasteiger partial charge in [0, 0.05) is 31.0 Å². The zero-order valence-electron chi connectivity index (χ0n) is 16.0. The van der Waals surface area contributed by atoms with Crippen LogP contribution in [0.1, 0.15) is 24.8 Å². The van der Waals surface area contributed by atoms with Gasteiger partial charge in [0.05, 0.1) is 13.7 Å². The van der Waals surface area contributed by atoms with Gasteiger partial charge < -0.3 is 20.3 Å². The van der Waals surface area contributed by atoms with Gasteiger partial charge in [0.15, 0.2) is 0 Å². The first-order chi connectivity index (χ1) is 13.2. The maximum absolute atomic E-state index is 12.0. The number of carbonyl (C=O) groups is 1. The molecule has 2 aromatic carbocycles. The second kappa shape index (κ2) is 9.86. The van der Waals surface area contributed by atoms with Crippen molar-refractivity contribution in [2.75, 3.05) is 43.5 Å². The Bertz CT molecular complexity index is 725. The van der Waals surface area contributed by atoms with Crippen molar-refractivity contribution < 1.29 is 9.53 Å². The van der Waals surface area contributed by atoms with Gasteiger partial charge in [-0.25, -0.2) is 0 Å². The van der Waals surface area contributed by atoms with Crippen LogP contribution in [-0.2, 0) is 11.2 Å². The Morgan fingerprint density at radius 2 is 1.85 bits per heavy atom. The quantitative estimate of drug-likeness (QED) is 0.750. The van der Waals surface area contributed by atoms with Gasteiger partial charge in [-0.15, -0.1) is 0 Å². The third-order valence-electron chi connectivity index (χ3n) is 4.91. The van der Waals surface area contributed by atoms with Crippen LogP contribution in [0, 0.1) is 0 Å². The summed E-state index contributed by atoms with van der Waals surface area (Å²) >= 11 is 0. The molecule has 5 heteroatoms. The van der Waals surface area contributed by atoms with Crippen molar-refractivity contribution in [1.29, 1.82) is 0 Å². The normalized spacial score (nSPS) is 13.9. The first-order valence-corrected chi connectivity index (χ1v) is 9.73. The second-order valence-corrected chi connectivity index (χ2v) is 6.90. The van der Waals surface area contributed by atoms with Gasteiger partial charge in [-0.3, -0.25) is 4.79 Å². The highest BCUT2D eigenvalue weighted by Gasteiger charge is 2.10. The molecule has 0 spiro atoms. The molecule has 144 valence electrons. The highest BCUT2D eigenvalue weighted by molar-refractivity contribution is 5.80. The largest absolute Gasteiger partial charge is 0.497 e. The molecule has 0 aromatic heterocycles. The van der Waals surface area contributed by atoms with Gasteiger partial charge in [0.1, 0.15) is 5.75 Å². The maximum Gasteiger partial charge on any atom is 0.239 e. The van der Waals surface area contributed by atoms with E-state index in [9.17, 15) is 4.79 Å². The standard InChI is InChI=1S/C22H29N3O2/c1-27-21-7-5-6-18(16-21)12-13-23-22(26)17-24-19-8-10-20(11-9-19)25-14-3-2-4-15-25/h5-11,16,24H,2-4,12-15,17H2,1H3,(H,23,26). The third-order valence-corrected chi connectivity index (χ3v) is 4.91. The van der Waals surface area contributed by atoms with E-state index in [-0.39, 0.29) is 12.5 Å². The molecule has 1 saturated heterocycles. The molecule has 2 aromatic rings. The Kier molecular flexibility index (Phi) is 6.97. The Balaban J connectivity index is 1.38. The van der Waals surface area contributed by atoms with E-state index in [0.29, 0.717) is 6.54 Å². The van der Waals surface area contributed by atoms with Crippen molar-refractivity contribution in [1.82, 2.24) is 5.32 Å². The second-order valence-electron chi connectivity index (χ2n) is 6.90. The maximum atomic E-state index is 12.0. The van der Waals surface area contributed by atoms with Crippen molar-refractivity contribution >= 4 is 17.3 Å². The number of nitrogens with zero attached hydrogens (tertiary/aromatic N) is 1. The Morgan fingerprint density at radius 1 is 1.07 bits per heavy atom. The van der Waals surface area contributed by atoms with Crippen LogP contribution in [0.15, 0.2) is 48.5 Å². The molecule has 0 radical (unpaired) electrons. The number of ether oxygens (including phenoxy) is 1. The minimum atomic E-state index is -0.00185. The molecular formula is C22H29N3O2. The van der Waals surface area contributed by atoms with E-state index in [2.05, 4.69) is 27.7 Å². The Morgan fingerprint density at radius 3 is 2.59 bits per heavy atom. The van der Waals surface area contributed by atoms with Gasteiger partial charge in [-0.2, -0.15) is 0 Å². The van der Waals surface area contributed by atoms with E-state index < -0.39 is 0 Å². The first-order valence-electron chi connectivity index (χ1n) is 9.73. The van der Waals surface area contributed by atoms with Gasteiger partial charge in [-0.1, -0.05) is 12.1 Å². The number of hydrogen-bond acceptors (Lipinski definition) is 4. The highest BCUT2D eigenvalue weighted by Crippen LogP contribution is 2.21. The summed E-state index contributed by atoms with van der Waals surface area (Å²) < 4.78 is 5.22. The number of benzene rings is 2. The van der Waals surface area contributed by atoms with Gasteiger partial charge in [0.2, 0.25) is 5.91 Å². The molecular weight excluding hydrogens is 338 g/mol. The van der Waals surface area contributed by atoms with Crippen molar-refractivity contribution in [3.05, 3.63) is 54.1 Å². The van der Waals surface area contributed by atoms with Crippen molar-refractivity contribution in [3.63, 3.8) is 0 Å². The number of anilines is 2. The molecule has 0 atom stereocenters. The predicted molar refractivity (Wildman–Crippen MR) is 111 cm³/mol. The molecule has 1 fully saturated rings. The Hall–Kier alpha value is -2.69. The zero-order chi connectivity index (χ0) is 18.9. The number of amides is 1. The SMILES string of the molecule is COc1cccc(CCNC(=O)CNc2ccc(N3CCCCC3)cc2)c1. The highest BCUT2D eigenvalue weighted by atomic mass is 16.5. The number of methoxy groups -OCH3 is 1. The molecule has 1 aliphatic rings. The fourth-order valence-corrected chi connectivity index (χ4v) is 3.36. The molecule has 0 aliphatic carbocycles. The average Bonchev–Trinajstić information content (AvgIpc) is 2.73. The minimum Gasteiger partial charge on any atom is -0.497 e. The lowest BCUT2D eigenvalue weighted by Gasteiger charge is -2.28.